The van der Waals surface area contributed by atoms with Gasteiger partial charge in [-0.3, -0.25) is 4.79 Å². The van der Waals surface area contributed by atoms with E-state index < -0.39 is 16.3 Å². The number of rotatable bonds is 3. The molecule has 0 fully saturated rings. The lowest BCUT2D eigenvalue weighted by atomic mass is 10.8. The Morgan fingerprint density at radius 2 is 2.30 bits per heavy atom. The second kappa shape index (κ2) is 4.95. The third kappa shape index (κ3) is 7.12. The summed E-state index contributed by atoms with van der Waals surface area (Å²) in [6.07, 6.45) is 0. The molecule has 0 aromatic rings. The molecular formula is C4H7NO4S. The van der Waals surface area contributed by atoms with Gasteiger partial charge < -0.3 is 4.84 Å². The SMILES string of the molecule is CC(=O)ONCC=S(=O)=O. The van der Waals surface area contributed by atoms with Crippen LogP contribution >= 0.6 is 0 Å². The summed E-state index contributed by atoms with van der Waals surface area (Å²) in [7, 11) is -2.21. The Bertz CT molecular complexity index is 222. The average molecular weight is 165 g/mol. The molecule has 0 bridgehead atoms. The molecule has 0 aromatic heterocycles. The summed E-state index contributed by atoms with van der Waals surface area (Å²) in [4.78, 5) is 14.2. The predicted molar refractivity (Wildman–Crippen MR) is 34.8 cm³/mol. The van der Waals surface area contributed by atoms with Crippen LogP contribution in [0.1, 0.15) is 6.92 Å². The van der Waals surface area contributed by atoms with Crippen LogP contribution in [-0.2, 0) is 19.9 Å². The second-order valence-corrected chi connectivity index (χ2v) is 2.22. The Morgan fingerprint density at radius 1 is 1.70 bits per heavy atom. The summed E-state index contributed by atoms with van der Waals surface area (Å²) in [5.74, 6) is -0.509. The summed E-state index contributed by atoms with van der Waals surface area (Å²) in [5.41, 5.74) is 2.12. The molecule has 0 heterocycles. The summed E-state index contributed by atoms with van der Waals surface area (Å²) in [5, 5.41) is 0.933. The molecule has 0 aliphatic heterocycles. The van der Waals surface area contributed by atoms with E-state index in [4.69, 9.17) is 0 Å². The maximum absolute atomic E-state index is 10.0. The molecule has 6 heteroatoms. The molecular weight excluding hydrogens is 158 g/mol. The molecule has 5 nitrogen and oxygen atoms in total. The Kier molecular flexibility index (Phi) is 4.51. The molecule has 1 N–H and O–H groups in total. The fraction of sp³-hybridized carbons (Fsp3) is 0.500. The number of hydrogen-bond donors (Lipinski definition) is 1. The van der Waals surface area contributed by atoms with Crippen molar-refractivity contribution < 1.29 is 18.0 Å². The van der Waals surface area contributed by atoms with Crippen LogP contribution in [-0.4, -0.2) is 26.3 Å². The van der Waals surface area contributed by atoms with E-state index in [1.165, 1.54) is 6.92 Å². The fourth-order valence-electron chi connectivity index (χ4n) is 0.245. The van der Waals surface area contributed by atoms with Crippen LogP contribution < -0.4 is 5.48 Å². The number of carbonyl (C=O) groups excluding carboxylic acids is 1. The van der Waals surface area contributed by atoms with Crippen molar-refractivity contribution in [2.45, 2.75) is 6.92 Å². The highest BCUT2D eigenvalue weighted by atomic mass is 32.2. The van der Waals surface area contributed by atoms with Crippen molar-refractivity contribution >= 4 is 21.6 Å². The molecule has 0 spiro atoms. The Morgan fingerprint density at radius 3 is 2.70 bits per heavy atom. The van der Waals surface area contributed by atoms with E-state index >= 15 is 0 Å². The van der Waals surface area contributed by atoms with Crippen LogP contribution in [0.5, 0.6) is 0 Å². The van der Waals surface area contributed by atoms with Crippen molar-refractivity contribution in [2.75, 3.05) is 6.54 Å². The Labute approximate surface area is 59.5 Å². The summed E-state index contributed by atoms with van der Waals surface area (Å²) in [6.45, 7) is 1.21. The number of hydroxylamine groups is 1. The monoisotopic (exact) mass is 165 g/mol. The van der Waals surface area contributed by atoms with E-state index in [2.05, 4.69) is 10.3 Å². The lowest BCUT2D eigenvalue weighted by molar-refractivity contribution is -0.147. The van der Waals surface area contributed by atoms with E-state index in [-0.39, 0.29) is 6.54 Å². The van der Waals surface area contributed by atoms with Gasteiger partial charge in [0.2, 0.25) is 10.3 Å². The number of carbonyl (C=O) groups is 1. The molecule has 0 radical (unpaired) electrons. The molecule has 0 saturated carbocycles. The second-order valence-electron chi connectivity index (χ2n) is 1.37. The number of nitrogens with one attached hydrogen (secondary N) is 1. The van der Waals surface area contributed by atoms with Gasteiger partial charge in [-0.1, -0.05) is 0 Å². The minimum atomic E-state index is -2.21. The lowest BCUT2D eigenvalue weighted by Crippen LogP contribution is -2.19. The van der Waals surface area contributed by atoms with E-state index in [1.54, 1.807) is 0 Å². The molecule has 0 aliphatic carbocycles. The third-order valence-electron chi connectivity index (χ3n) is 0.519. The van der Waals surface area contributed by atoms with Crippen molar-refractivity contribution in [2.24, 2.45) is 0 Å². The maximum atomic E-state index is 10.0. The summed E-state index contributed by atoms with van der Waals surface area (Å²) >= 11 is 0. The molecule has 10 heavy (non-hydrogen) atoms. The minimum Gasteiger partial charge on any atom is -0.371 e. The largest absolute Gasteiger partial charge is 0.371 e. The third-order valence-corrected chi connectivity index (χ3v) is 0.957. The molecule has 0 saturated heterocycles. The smallest absolute Gasteiger partial charge is 0.321 e. The van der Waals surface area contributed by atoms with Crippen LogP contribution in [0.15, 0.2) is 0 Å². The summed E-state index contributed by atoms with van der Waals surface area (Å²) in [6, 6.07) is 0. The van der Waals surface area contributed by atoms with E-state index in [0.717, 1.165) is 5.37 Å². The topological polar surface area (TPSA) is 72.5 Å². The highest BCUT2D eigenvalue weighted by Gasteiger charge is 1.87. The highest BCUT2D eigenvalue weighted by Crippen LogP contribution is 1.64. The van der Waals surface area contributed by atoms with Gasteiger partial charge in [0.15, 0.2) is 0 Å². The van der Waals surface area contributed by atoms with Crippen LogP contribution in [0.3, 0.4) is 0 Å². The Hall–Kier alpha value is -0.880. The van der Waals surface area contributed by atoms with Crippen molar-refractivity contribution in [3.8, 4) is 0 Å². The van der Waals surface area contributed by atoms with Gasteiger partial charge in [-0.2, -0.15) is 8.42 Å². The zero-order valence-corrected chi connectivity index (χ0v) is 6.14. The van der Waals surface area contributed by atoms with Crippen molar-refractivity contribution in [3.63, 3.8) is 0 Å². The lowest BCUT2D eigenvalue weighted by Gasteiger charge is -1.95. The first-order chi connectivity index (χ1) is 4.63. The van der Waals surface area contributed by atoms with Crippen molar-refractivity contribution in [3.05, 3.63) is 0 Å². The van der Waals surface area contributed by atoms with Gasteiger partial charge in [0.25, 0.3) is 0 Å². The molecule has 0 atom stereocenters. The van der Waals surface area contributed by atoms with Crippen LogP contribution in [0.4, 0.5) is 0 Å². The van der Waals surface area contributed by atoms with Crippen LogP contribution in [0, 0.1) is 0 Å². The van der Waals surface area contributed by atoms with Gasteiger partial charge in [-0.15, -0.1) is 5.48 Å². The predicted octanol–water partition coefficient (Wildman–Crippen LogP) is -1.26. The Balaban J connectivity index is 3.40. The maximum Gasteiger partial charge on any atom is 0.321 e. The molecule has 0 rings (SSSR count). The molecule has 0 aliphatic rings. The summed E-state index contributed by atoms with van der Waals surface area (Å²) < 4.78 is 19.6. The number of hydrogen-bond acceptors (Lipinski definition) is 5. The minimum absolute atomic E-state index is 0.00427. The molecule has 58 valence electrons. The van der Waals surface area contributed by atoms with Gasteiger partial charge in [0.05, 0.1) is 11.9 Å². The van der Waals surface area contributed by atoms with Crippen LogP contribution in [0.2, 0.25) is 0 Å². The van der Waals surface area contributed by atoms with Crippen molar-refractivity contribution in [1.29, 1.82) is 0 Å². The van der Waals surface area contributed by atoms with E-state index in [0.29, 0.717) is 0 Å². The van der Waals surface area contributed by atoms with E-state index in [9.17, 15) is 13.2 Å². The first-order valence-corrected chi connectivity index (χ1v) is 3.58. The normalized spacial score (nSPS) is 8.50. The zero-order valence-electron chi connectivity index (χ0n) is 5.33. The quantitative estimate of drug-likeness (QED) is 0.321. The van der Waals surface area contributed by atoms with Gasteiger partial charge >= 0.3 is 5.97 Å². The standard InChI is InChI=1S/C4H7NO4S/c1-4(6)9-5-2-3-10(7)8/h3,5H,2H2,1H3. The van der Waals surface area contributed by atoms with Crippen molar-refractivity contribution in [1.82, 2.24) is 5.48 Å². The molecule has 0 amide bonds. The highest BCUT2D eigenvalue weighted by molar-refractivity contribution is 7.71. The van der Waals surface area contributed by atoms with Crippen LogP contribution in [0.25, 0.3) is 0 Å². The first-order valence-electron chi connectivity index (χ1n) is 2.44. The average Bonchev–Trinajstić information content (AvgIpc) is 1.79. The van der Waals surface area contributed by atoms with Gasteiger partial charge in [-0.25, -0.2) is 0 Å². The fourth-order valence-corrected chi connectivity index (χ4v) is 0.449. The van der Waals surface area contributed by atoms with E-state index in [1.807, 2.05) is 0 Å². The first kappa shape index (κ1) is 9.12. The zero-order chi connectivity index (χ0) is 7.98. The molecule has 0 aromatic carbocycles. The van der Waals surface area contributed by atoms with Gasteiger partial charge in [0.1, 0.15) is 0 Å². The van der Waals surface area contributed by atoms with Gasteiger partial charge in [0, 0.05) is 6.92 Å². The van der Waals surface area contributed by atoms with Gasteiger partial charge in [-0.05, 0) is 0 Å². The molecule has 0 unspecified atom stereocenters.